The first kappa shape index (κ1) is 18.9. The first-order valence-electron chi connectivity index (χ1n) is 8.96. The highest BCUT2D eigenvalue weighted by molar-refractivity contribution is 6.39. The summed E-state index contributed by atoms with van der Waals surface area (Å²) < 4.78 is 0. The molecular formula is C20H25NO4. The summed E-state index contributed by atoms with van der Waals surface area (Å²) in [6, 6.07) is 4.61. The van der Waals surface area contributed by atoms with Crippen LogP contribution in [0, 0.1) is 0 Å². The normalized spacial score (nSPS) is 14.8. The monoisotopic (exact) mass is 343 g/mol. The summed E-state index contributed by atoms with van der Waals surface area (Å²) in [5, 5.41) is 11.8. The molecule has 0 heterocycles. The molecule has 0 fully saturated rings. The zero-order valence-corrected chi connectivity index (χ0v) is 14.6. The Morgan fingerprint density at radius 2 is 1.64 bits per heavy atom. The van der Waals surface area contributed by atoms with Gasteiger partial charge in [-0.3, -0.25) is 14.4 Å². The largest absolute Gasteiger partial charge is 0.515 e. The van der Waals surface area contributed by atoms with Crippen LogP contribution in [-0.2, 0) is 4.79 Å². The Morgan fingerprint density at radius 3 is 2.32 bits per heavy atom. The van der Waals surface area contributed by atoms with Gasteiger partial charge in [0, 0.05) is 23.2 Å². The van der Waals surface area contributed by atoms with Crippen molar-refractivity contribution in [2.24, 2.45) is 0 Å². The number of Topliss-reactive ketones (excluding diaryl/α,β-unsaturated/α-hetero) is 2. The molecule has 0 bridgehead atoms. The zero-order chi connectivity index (χ0) is 18.2. The highest BCUT2D eigenvalue weighted by Gasteiger charge is 2.33. The minimum absolute atomic E-state index is 0.0943. The summed E-state index contributed by atoms with van der Waals surface area (Å²) in [6.45, 7) is 2.19. The van der Waals surface area contributed by atoms with Crippen molar-refractivity contribution in [1.29, 1.82) is 0 Å². The average Bonchev–Trinajstić information content (AvgIpc) is 2.84. The lowest BCUT2D eigenvalue weighted by Crippen LogP contribution is -2.11. The minimum Gasteiger partial charge on any atom is -0.515 e. The molecule has 1 aromatic carbocycles. The molecule has 2 N–H and O–H groups in total. The highest BCUT2D eigenvalue weighted by Crippen LogP contribution is 2.28. The lowest BCUT2D eigenvalue weighted by atomic mass is 10.1. The molecule has 1 aliphatic rings. The van der Waals surface area contributed by atoms with E-state index in [-0.39, 0.29) is 22.6 Å². The van der Waals surface area contributed by atoms with E-state index in [9.17, 15) is 14.4 Å². The molecule has 0 spiro atoms. The Morgan fingerprint density at radius 1 is 1.00 bits per heavy atom. The van der Waals surface area contributed by atoms with Crippen LogP contribution in [0.2, 0.25) is 0 Å². The number of aliphatic hydroxyl groups is 1. The fraction of sp³-hybridized carbons (Fsp3) is 0.450. The number of amides is 1. The van der Waals surface area contributed by atoms with Gasteiger partial charge < -0.3 is 10.4 Å². The molecule has 1 aromatic rings. The Hall–Kier alpha value is -2.43. The predicted octanol–water partition coefficient (Wildman–Crippen LogP) is 4.59. The van der Waals surface area contributed by atoms with Crippen molar-refractivity contribution in [2.75, 3.05) is 5.32 Å². The molecule has 0 saturated heterocycles. The maximum absolute atomic E-state index is 12.0. The van der Waals surface area contributed by atoms with Gasteiger partial charge in [-0.05, 0) is 24.6 Å². The number of carbonyl (C=O) groups is 3. The third-order valence-corrected chi connectivity index (χ3v) is 4.42. The van der Waals surface area contributed by atoms with E-state index < -0.39 is 11.6 Å². The molecule has 0 aliphatic heterocycles. The molecule has 5 heteroatoms. The van der Waals surface area contributed by atoms with Gasteiger partial charge in [-0.15, -0.1) is 0 Å². The fourth-order valence-electron chi connectivity index (χ4n) is 2.98. The SMILES string of the molecule is CCCCCCCCCC(=O)Nc1ccc2c(c1)C(=O)/C(=C\O)C2=O. The number of hydrogen-bond acceptors (Lipinski definition) is 4. The van der Waals surface area contributed by atoms with Gasteiger partial charge in [0.15, 0.2) is 0 Å². The van der Waals surface area contributed by atoms with Crippen LogP contribution in [0.5, 0.6) is 0 Å². The van der Waals surface area contributed by atoms with Gasteiger partial charge in [0.05, 0.1) is 6.26 Å². The van der Waals surface area contributed by atoms with E-state index in [0.29, 0.717) is 18.4 Å². The third-order valence-electron chi connectivity index (χ3n) is 4.42. The van der Waals surface area contributed by atoms with E-state index in [4.69, 9.17) is 5.11 Å². The van der Waals surface area contributed by atoms with Crippen LogP contribution in [0.1, 0.15) is 79.0 Å². The van der Waals surface area contributed by atoms with E-state index in [0.717, 1.165) is 19.3 Å². The van der Waals surface area contributed by atoms with E-state index in [2.05, 4.69) is 12.2 Å². The topological polar surface area (TPSA) is 83.5 Å². The van der Waals surface area contributed by atoms with Crippen molar-refractivity contribution in [1.82, 2.24) is 0 Å². The molecule has 5 nitrogen and oxygen atoms in total. The summed E-state index contributed by atoms with van der Waals surface area (Å²) >= 11 is 0. The zero-order valence-electron chi connectivity index (χ0n) is 14.6. The number of rotatable bonds is 9. The van der Waals surface area contributed by atoms with Gasteiger partial charge in [0.25, 0.3) is 0 Å². The number of aliphatic hydroxyl groups excluding tert-OH is 1. The Balaban J connectivity index is 1.82. The van der Waals surface area contributed by atoms with Gasteiger partial charge in [0.2, 0.25) is 17.5 Å². The Kier molecular flexibility index (Phi) is 6.92. The molecule has 0 radical (unpaired) electrons. The second kappa shape index (κ2) is 9.16. The smallest absolute Gasteiger partial charge is 0.224 e. The van der Waals surface area contributed by atoms with Crippen LogP contribution < -0.4 is 5.32 Å². The molecular weight excluding hydrogens is 318 g/mol. The fourth-order valence-corrected chi connectivity index (χ4v) is 2.98. The van der Waals surface area contributed by atoms with E-state index in [1.807, 2.05) is 0 Å². The third kappa shape index (κ3) is 4.78. The number of anilines is 1. The van der Waals surface area contributed by atoms with Crippen molar-refractivity contribution >= 4 is 23.2 Å². The molecule has 0 atom stereocenters. The van der Waals surface area contributed by atoms with E-state index in [1.165, 1.54) is 37.8 Å². The number of hydrogen-bond donors (Lipinski definition) is 2. The quantitative estimate of drug-likeness (QED) is 0.297. The summed E-state index contributed by atoms with van der Waals surface area (Å²) in [5.41, 5.74) is 0.739. The second-order valence-corrected chi connectivity index (χ2v) is 6.38. The minimum atomic E-state index is -0.509. The van der Waals surface area contributed by atoms with Gasteiger partial charge in [-0.1, -0.05) is 45.4 Å². The lowest BCUT2D eigenvalue weighted by molar-refractivity contribution is -0.116. The molecule has 2 rings (SSSR count). The number of carbonyl (C=O) groups excluding carboxylic acids is 3. The summed E-state index contributed by atoms with van der Waals surface area (Å²) in [6.07, 6.45) is 9.00. The lowest BCUT2D eigenvalue weighted by Gasteiger charge is -2.06. The van der Waals surface area contributed by atoms with Gasteiger partial charge in [-0.2, -0.15) is 0 Å². The number of ketones is 2. The first-order chi connectivity index (χ1) is 12.1. The maximum atomic E-state index is 12.0. The number of unbranched alkanes of at least 4 members (excludes halogenated alkanes) is 6. The van der Waals surface area contributed by atoms with E-state index >= 15 is 0 Å². The molecule has 0 aromatic heterocycles. The first-order valence-corrected chi connectivity index (χ1v) is 8.96. The number of benzene rings is 1. The maximum Gasteiger partial charge on any atom is 0.224 e. The van der Waals surface area contributed by atoms with Crippen LogP contribution in [0.15, 0.2) is 30.0 Å². The van der Waals surface area contributed by atoms with Crippen LogP contribution >= 0.6 is 0 Å². The van der Waals surface area contributed by atoms with Crippen molar-refractivity contribution in [3.63, 3.8) is 0 Å². The summed E-state index contributed by atoms with van der Waals surface area (Å²) in [7, 11) is 0. The molecule has 0 saturated carbocycles. The Labute approximate surface area is 148 Å². The molecule has 25 heavy (non-hydrogen) atoms. The van der Waals surface area contributed by atoms with Crippen molar-refractivity contribution in [2.45, 2.75) is 58.3 Å². The summed E-state index contributed by atoms with van der Waals surface area (Å²) in [5.74, 6) is -1.09. The molecule has 134 valence electrons. The van der Waals surface area contributed by atoms with Gasteiger partial charge in [0.1, 0.15) is 5.57 Å². The molecule has 0 unspecified atom stereocenters. The second-order valence-electron chi connectivity index (χ2n) is 6.38. The predicted molar refractivity (Wildman–Crippen MR) is 97.1 cm³/mol. The van der Waals surface area contributed by atoms with Gasteiger partial charge >= 0.3 is 0 Å². The van der Waals surface area contributed by atoms with Crippen molar-refractivity contribution in [3.8, 4) is 0 Å². The summed E-state index contributed by atoms with van der Waals surface area (Å²) in [4.78, 5) is 35.9. The molecule has 1 aliphatic carbocycles. The van der Waals surface area contributed by atoms with Crippen molar-refractivity contribution in [3.05, 3.63) is 41.2 Å². The highest BCUT2D eigenvalue weighted by atomic mass is 16.2. The van der Waals surface area contributed by atoms with E-state index in [1.54, 1.807) is 6.07 Å². The Bertz CT molecular complexity index is 691. The van der Waals surface area contributed by atoms with Crippen LogP contribution in [0.3, 0.4) is 0 Å². The standard InChI is InChI=1S/C20H25NO4/c1-2-3-4-5-6-7-8-9-18(23)21-14-10-11-15-16(12-14)20(25)17(13-22)19(15)24/h10-13,22H,2-9H2,1H3,(H,21,23)/b17-13-. The number of nitrogens with one attached hydrogen (secondary N) is 1. The average molecular weight is 343 g/mol. The van der Waals surface area contributed by atoms with Gasteiger partial charge in [-0.25, -0.2) is 0 Å². The number of allylic oxidation sites excluding steroid dienone is 1. The molecule has 1 amide bonds. The van der Waals surface area contributed by atoms with Crippen LogP contribution in [-0.4, -0.2) is 22.6 Å². The van der Waals surface area contributed by atoms with Crippen LogP contribution in [0.25, 0.3) is 0 Å². The number of fused-ring (bicyclic) bond motifs is 1. The van der Waals surface area contributed by atoms with Crippen LogP contribution in [0.4, 0.5) is 5.69 Å². The van der Waals surface area contributed by atoms with Crippen molar-refractivity contribution < 1.29 is 19.5 Å².